The molecule has 0 bridgehead atoms. The molecule has 1 amide bonds. The molecule has 0 spiro atoms. The number of benzene rings is 1. The molecular weight excluding hydrogens is 262 g/mol. The zero-order chi connectivity index (χ0) is 14.8. The lowest BCUT2D eigenvalue weighted by atomic mass is 9.94. The summed E-state index contributed by atoms with van der Waals surface area (Å²) in [7, 11) is 0. The first-order chi connectivity index (χ1) is 9.43. The number of hydrogen-bond donors (Lipinski definition) is 2. The summed E-state index contributed by atoms with van der Waals surface area (Å²) in [6, 6.07) is 4.33. The maximum absolute atomic E-state index is 12.3. The van der Waals surface area contributed by atoms with Gasteiger partial charge in [-0.15, -0.1) is 0 Å². The van der Waals surface area contributed by atoms with Crippen molar-refractivity contribution >= 4 is 17.3 Å². The molecule has 3 N–H and O–H groups in total. The van der Waals surface area contributed by atoms with Crippen LogP contribution >= 0.6 is 0 Å². The summed E-state index contributed by atoms with van der Waals surface area (Å²) < 4.78 is 5.35. The van der Waals surface area contributed by atoms with E-state index in [-0.39, 0.29) is 16.9 Å². The number of nitrogens with two attached hydrogens (primary N) is 1. The van der Waals surface area contributed by atoms with Crippen LogP contribution in [0.4, 0.5) is 11.4 Å². The highest BCUT2D eigenvalue weighted by Gasteiger charge is 2.32. The molecule has 0 aliphatic carbocycles. The number of rotatable bonds is 3. The third-order valence-corrected chi connectivity index (χ3v) is 3.35. The fourth-order valence-corrected chi connectivity index (χ4v) is 2.32. The normalized spacial score (nSPS) is 22.2. The minimum absolute atomic E-state index is 0.0207. The Morgan fingerprint density at radius 2 is 2.30 bits per heavy atom. The number of hydrogen-bond acceptors (Lipinski definition) is 5. The summed E-state index contributed by atoms with van der Waals surface area (Å²) in [6.45, 7) is 2.93. The van der Waals surface area contributed by atoms with E-state index in [0.717, 1.165) is 12.8 Å². The van der Waals surface area contributed by atoms with Crippen molar-refractivity contribution < 1.29 is 14.5 Å². The molecule has 2 rings (SSSR count). The van der Waals surface area contributed by atoms with Crippen molar-refractivity contribution in [3.05, 3.63) is 33.9 Å². The van der Waals surface area contributed by atoms with Gasteiger partial charge in [0.2, 0.25) is 0 Å². The molecule has 1 saturated heterocycles. The molecule has 1 aliphatic rings. The van der Waals surface area contributed by atoms with Crippen molar-refractivity contribution in [1.82, 2.24) is 5.32 Å². The van der Waals surface area contributed by atoms with Gasteiger partial charge in [0.05, 0.1) is 17.1 Å². The van der Waals surface area contributed by atoms with E-state index in [1.807, 2.05) is 6.92 Å². The number of carbonyl (C=O) groups is 1. The summed E-state index contributed by atoms with van der Waals surface area (Å²) in [5, 5.41) is 13.9. The Bertz CT molecular complexity index is 538. The van der Waals surface area contributed by atoms with E-state index in [2.05, 4.69) is 5.32 Å². The van der Waals surface area contributed by atoms with Crippen LogP contribution in [-0.4, -0.2) is 29.6 Å². The Hall–Kier alpha value is -2.15. The number of nitrogens with zero attached hydrogens (tertiary/aromatic N) is 1. The molecule has 0 radical (unpaired) electrons. The van der Waals surface area contributed by atoms with Crippen LogP contribution in [0.15, 0.2) is 18.2 Å². The van der Waals surface area contributed by atoms with E-state index in [9.17, 15) is 14.9 Å². The number of ether oxygens (including phenoxy) is 1. The second kappa shape index (κ2) is 5.46. The average molecular weight is 279 g/mol. The predicted octanol–water partition coefficient (Wildman–Crippen LogP) is 1.48. The second-order valence-corrected chi connectivity index (χ2v) is 5.17. The molecule has 7 nitrogen and oxygen atoms in total. The molecule has 7 heteroatoms. The van der Waals surface area contributed by atoms with E-state index >= 15 is 0 Å². The first-order valence-electron chi connectivity index (χ1n) is 6.36. The van der Waals surface area contributed by atoms with Crippen molar-refractivity contribution in [2.75, 3.05) is 18.9 Å². The molecule has 1 atom stereocenters. The van der Waals surface area contributed by atoms with Crippen LogP contribution in [0.1, 0.15) is 30.1 Å². The van der Waals surface area contributed by atoms with Crippen LogP contribution in [0.2, 0.25) is 0 Å². The SMILES string of the molecule is CC1(NC(=O)c2cccc(N)c2[N+](=O)[O-])CCCOC1. The number of para-hydroxylation sites is 1. The Kier molecular flexibility index (Phi) is 3.89. The molecule has 1 aliphatic heterocycles. The van der Waals surface area contributed by atoms with E-state index in [1.54, 1.807) is 0 Å². The molecule has 108 valence electrons. The number of nitro benzene ring substituents is 1. The second-order valence-electron chi connectivity index (χ2n) is 5.17. The lowest BCUT2D eigenvalue weighted by molar-refractivity contribution is -0.384. The molecule has 1 aromatic carbocycles. The number of carbonyl (C=O) groups excluding carboxylic acids is 1. The van der Waals surface area contributed by atoms with Crippen molar-refractivity contribution in [2.45, 2.75) is 25.3 Å². The third-order valence-electron chi connectivity index (χ3n) is 3.35. The molecule has 1 unspecified atom stereocenters. The van der Waals surface area contributed by atoms with Gasteiger partial charge >= 0.3 is 5.69 Å². The Balaban J connectivity index is 2.25. The predicted molar refractivity (Wildman–Crippen MR) is 73.4 cm³/mol. The summed E-state index contributed by atoms with van der Waals surface area (Å²) in [5.74, 6) is -0.503. The van der Waals surface area contributed by atoms with Gasteiger partial charge in [-0.3, -0.25) is 14.9 Å². The van der Waals surface area contributed by atoms with Crippen molar-refractivity contribution in [3.63, 3.8) is 0 Å². The first kappa shape index (κ1) is 14.3. The molecule has 20 heavy (non-hydrogen) atoms. The largest absolute Gasteiger partial charge is 0.393 e. The Morgan fingerprint density at radius 3 is 2.90 bits per heavy atom. The van der Waals surface area contributed by atoms with Crippen LogP contribution < -0.4 is 11.1 Å². The van der Waals surface area contributed by atoms with Crippen LogP contribution in [0.25, 0.3) is 0 Å². The smallest absolute Gasteiger partial charge is 0.304 e. The summed E-state index contributed by atoms with van der Waals surface area (Å²) >= 11 is 0. The van der Waals surface area contributed by atoms with Gasteiger partial charge in [0.1, 0.15) is 11.3 Å². The van der Waals surface area contributed by atoms with Gasteiger partial charge in [-0.05, 0) is 31.9 Å². The number of anilines is 1. The van der Waals surface area contributed by atoms with Gasteiger partial charge < -0.3 is 15.8 Å². The van der Waals surface area contributed by atoms with Gasteiger partial charge in [-0.2, -0.15) is 0 Å². The van der Waals surface area contributed by atoms with Crippen molar-refractivity contribution in [1.29, 1.82) is 0 Å². The number of nitro groups is 1. The summed E-state index contributed by atoms with van der Waals surface area (Å²) in [5.41, 5.74) is 4.67. The summed E-state index contributed by atoms with van der Waals surface area (Å²) in [4.78, 5) is 22.7. The van der Waals surface area contributed by atoms with Gasteiger partial charge in [-0.25, -0.2) is 0 Å². The highest BCUT2D eigenvalue weighted by atomic mass is 16.6. The zero-order valence-corrected chi connectivity index (χ0v) is 11.2. The molecule has 0 aromatic heterocycles. The van der Waals surface area contributed by atoms with E-state index in [1.165, 1.54) is 18.2 Å². The van der Waals surface area contributed by atoms with E-state index in [0.29, 0.717) is 13.2 Å². The topological polar surface area (TPSA) is 107 Å². The minimum atomic E-state index is -0.635. The van der Waals surface area contributed by atoms with Gasteiger partial charge in [-0.1, -0.05) is 6.07 Å². The van der Waals surface area contributed by atoms with Gasteiger partial charge in [0, 0.05) is 6.61 Å². The highest BCUT2D eigenvalue weighted by molar-refractivity contribution is 6.00. The zero-order valence-electron chi connectivity index (χ0n) is 11.2. The molecular formula is C13H17N3O4. The molecule has 0 saturated carbocycles. The van der Waals surface area contributed by atoms with Crippen LogP contribution in [-0.2, 0) is 4.74 Å². The number of nitrogen functional groups attached to an aromatic ring is 1. The summed E-state index contributed by atoms with van der Waals surface area (Å²) in [6.07, 6.45) is 1.62. The Morgan fingerprint density at radius 1 is 1.55 bits per heavy atom. The van der Waals surface area contributed by atoms with Gasteiger partial charge in [0.25, 0.3) is 5.91 Å². The minimum Gasteiger partial charge on any atom is -0.393 e. The first-order valence-corrected chi connectivity index (χ1v) is 6.36. The lowest BCUT2D eigenvalue weighted by Gasteiger charge is -2.34. The molecule has 1 fully saturated rings. The van der Waals surface area contributed by atoms with Crippen LogP contribution in [0.5, 0.6) is 0 Å². The van der Waals surface area contributed by atoms with Gasteiger partial charge in [0.15, 0.2) is 0 Å². The lowest BCUT2D eigenvalue weighted by Crippen LogP contribution is -2.51. The average Bonchev–Trinajstić information content (AvgIpc) is 2.38. The standard InChI is InChI=1S/C13H17N3O4/c1-13(6-3-7-20-8-13)15-12(17)9-4-2-5-10(14)11(9)16(18)19/h2,4-5H,3,6-8,14H2,1H3,(H,15,17). The monoisotopic (exact) mass is 279 g/mol. The number of amides is 1. The Labute approximate surface area is 116 Å². The van der Waals surface area contributed by atoms with Crippen molar-refractivity contribution in [3.8, 4) is 0 Å². The maximum atomic E-state index is 12.3. The molecule has 1 aromatic rings. The third kappa shape index (κ3) is 2.88. The quantitative estimate of drug-likeness (QED) is 0.495. The van der Waals surface area contributed by atoms with Crippen molar-refractivity contribution in [2.24, 2.45) is 0 Å². The fraction of sp³-hybridized carbons (Fsp3) is 0.462. The van der Waals surface area contributed by atoms with Crippen LogP contribution in [0, 0.1) is 10.1 Å². The fourth-order valence-electron chi connectivity index (χ4n) is 2.32. The van der Waals surface area contributed by atoms with E-state index < -0.39 is 16.4 Å². The van der Waals surface area contributed by atoms with E-state index in [4.69, 9.17) is 10.5 Å². The van der Waals surface area contributed by atoms with Crippen LogP contribution in [0.3, 0.4) is 0 Å². The molecule has 1 heterocycles. The highest BCUT2D eigenvalue weighted by Crippen LogP contribution is 2.27. The maximum Gasteiger partial charge on any atom is 0.304 e. The number of nitrogens with one attached hydrogen (secondary N) is 1.